The lowest BCUT2D eigenvalue weighted by atomic mass is 10.0. The minimum absolute atomic E-state index is 0.386. The topological polar surface area (TPSA) is 17.8 Å². The Hall–Kier alpha value is -2.35. The highest BCUT2D eigenvalue weighted by Crippen LogP contribution is 2.20. The van der Waals surface area contributed by atoms with E-state index < -0.39 is 0 Å². The van der Waals surface area contributed by atoms with Crippen LogP contribution >= 0.6 is 0 Å². The predicted octanol–water partition coefficient (Wildman–Crippen LogP) is 4.48. The molecule has 0 aliphatic heterocycles. The number of rotatable bonds is 4. The lowest BCUT2D eigenvalue weighted by Crippen LogP contribution is -2.07. The number of benzene rings is 2. The highest BCUT2D eigenvalue weighted by Gasteiger charge is 2.09. The molecule has 0 N–H and O–H groups in total. The standard InChI is InChI=1S/C18H18N2/c1-3-15-8-10-16(11-9-15)12-14(2)20-13-19-17-6-4-5-7-18(17)20/h3-11,13-14H,1,12H2,2H3. The first-order chi connectivity index (χ1) is 9.78. The van der Waals surface area contributed by atoms with E-state index in [1.807, 2.05) is 18.5 Å². The molecule has 3 rings (SSSR count). The van der Waals surface area contributed by atoms with Crippen molar-refractivity contribution in [1.29, 1.82) is 0 Å². The zero-order valence-electron chi connectivity index (χ0n) is 11.7. The second-order valence-corrected chi connectivity index (χ2v) is 5.14. The smallest absolute Gasteiger partial charge is 0.0960 e. The third kappa shape index (κ3) is 2.37. The Kier molecular flexibility index (Phi) is 3.38. The fraction of sp³-hybridized carbons (Fsp3) is 0.167. The van der Waals surface area contributed by atoms with Gasteiger partial charge < -0.3 is 4.57 Å². The minimum atomic E-state index is 0.386. The van der Waals surface area contributed by atoms with Gasteiger partial charge in [-0.25, -0.2) is 4.98 Å². The van der Waals surface area contributed by atoms with E-state index in [0.29, 0.717) is 6.04 Å². The molecule has 20 heavy (non-hydrogen) atoms. The van der Waals surface area contributed by atoms with Crippen molar-refractivity contribution in [1.82, 2.24) is 9.55 Å². The Morgan fingerprint density at radius 2 is 1.90 bits per heavy atom. The second kappa shape index (κ2) is 5.33. The molecule has 0 saturated carbocycles. The fourth-order valence-corrected chi connectivity index (χ4v) is 2.56. The van der Waals surface area contributed by atoms with Crippen molar-refractivity contribution in [2.75, 3.05) is 0 Å². The second-order valence-electron chi connectivity index (χ2n) is 5.14. The van der Waals surface area contributed by atoms with Crippen LogP contribution in [-0.2, 0) is 6.42 Å². The lowest BCUT2D eigenvalue weighted by molar-refractivity contribution is 0.559. The van der Waals surface area contributed by atoms with Crippen molar-refractivity contribution >= 4 is 17.1 Å². The van der Waals surface area contributed by atoms with Gasteiger partial charge >= 0.3 is 0 Å². The number of aromatic nitrogens is 2. The van der Waals surface area contributed by atoms with E-state index in [9.17, 15) is 0 Å². The van der Waals surface area contributed by atoms with Crippen LogP contribution in [0.15, 0.2) is 61.4 Å². The lowest BCUT2D eigenvalue weighted by Gasteiger charge is -2.14. The van der Waals surface area contributed by atoms with E-state index in [1.165, 1.54) is 11.1 Å². The molecule has 0 saturated heterocycles. The van der Waals surface area contributed by atoms with Crippen LogP contribution in [-0.4, -0.2) is 9.55 Å². The summed E-state index contributed by atoms with van der Waals surface area (Å²) in [5.74, 6) is 0. The average molecular weight is 262 g/mol. The van der Waals surface area contributed by atoms with Gasteiger partial charge in [0.05, 0.1) is 17.4 Å². The Bertz CT molecular complexity index is 723. The number of hydrogen-bond donors (Lipinski definition) is 0. The van der Waals surface area contributed by atoms with Gasteiger partial charge in [0.25, 0.3) is 0 Å². The molecule has 1 heterocycles. The Balaban J connectivity index is 1.84. The van der Waals surface area contributed by atoms with E-state index >= 15 is 0 Å². The zero-order chi connectivity index (χ0) is 13.9. The minimum Gasteiger partial charge on any atom is -0.327 e. The van der Waals surface area contributed by atoms with Crippen molar-refractivity contribution in [2.24, 2.45) is 0 Å². The summed E-state index contributed by atoms with van der Waals surface area (Å²) < 4.78 is 2.25. The molecular formula is C18H18N2. The number of para-hydroxylation sites is 2. The van der Waals surface area contributed by atoms with Gasteiger partial charge in [0.2, 0.25) is 0 Å². The molecule has 1 aromatic heterocycles. The molecule has 0 fully saturated rings. The van der Waals surface area contributed by atoms with Crippen LogP contribution in [0.5, 0.6) is 0 Å². The van der Waals surface area contributed by atoms with Gasteiger partial charge in [-0.15, -0.1) is 0 Å². The van der Waals surface area contributed by atoms with Gasteiger partial charge in [-0.2, -0.15) is 0 Å². The molecule has 0 aliphatic rings. The largest absolute Gasteiger partial charge is 0.327 e. The molecule has 0 aliphatic carbocycles. The summed E-state index contributed by atoms with van der Waals surface area (Å²) in [5.41, 5.74) is 4.75. The third-order valence-corrected chi connectivity index (χ3v) is 3.70. The molecule has 0 radical (unpaired) electrons. The first-order valence-electron chi connectivity index (χ1n) is 6.91. The molecule has 0 spiro atoms. The SMILES string of the molecule is C=Cc1ccc(CC(C)n2cnc3ccccc32)cc1. The highest BCUT2D eigenvalue weighted by atomic mass is 15.1. The van der Waals surface area contributed by atoms with E-state index in [-0.39, 0.29) is 0 Å². The summed E-state index contributed by atoms with van der Waals surface area (Å²) >= 11 is 0. The van der Waals surface area contributed by atoms with Gasteiger partial charge in [0, 0.05) is 6.04 Å². The van der Waals surface area contributed by atoms with Crippen LogP contribution in [0.3, 0.4) is 0 Å². The molecule has 2 nitrogen and oxygen atoms in total. The Morgan fingerprint density at radius 1 is 1.15 bits per heavy atom. The summed E-state index contributed by atoms with van der Waals surface area (Å²) in [7, 11) is 0. The van der Waals surface area contributed by atoms with E-state index in [4.69, 9.17) is 0 Å². The Labute approximate surface area is 119 Å². The molecule has 3 aromatic rings. The summed E-state index contributed by atoms with van der Waals surface area (Å²) in [6.07, 6.45) is 4.81. The van der Waals surface area contributed by atoms with Gasteiger partial charge in [0.15, 0.2) is 0 Å². The van der Waals surface area contributed by atoms with Gasteiger partial charge in [-0.1, -0.05) is 49.1 Å². The fourth-order valence-electron chi connectivity index (χ4n) is 2.56. The maximum atomic E-state index is 4.46. The van der Waals surface area contributed by atoms with Crippen molar-refractivity contribution < 1.29 is 0 Å². The summed E-state index contributed by atoms with van der Waals surface area (Å²) in [5, 5.41) is 0. The maximum absolute atomic E-state index is 4.46. The van der Waals surface area contributed by atoms with Crippen LogP contribution < -0.4 is 0 Å². The quantitative estimate of drug-likeness (QED) is 0.677. The van der Waals surface area contributed by atoms with Crippen LogP contribution in [0.2, 0.25) is 0 Å². The van der Waals surface area contributed by atoms with Crippen LogP contribution in [0.25, 0.3) is 17.1 Å². The summed E-state index contributed by atoms with van der Waals surface area (Å²) in [6, 6.07) is 17.2. The molecule has 2 heteroatoms. The van der Waals surface area contributed by atoms with Crippen molar-refractivity contribution in [3.63, 3.8) is 0 Å². The monoisotopic (exact) mass is 262 g/mol. The molecule has 1 atom stereocenters. The number of fused-ring (bicyclic) bond motifs is 1. The first-order valence-corrected chi connectivity index (χ1v) is 6.91. The van der Waals surface area contributed by atoms with Crippen molar-refractivity contribution in [2.45, 2.75) is 19.4 Å². The first kappa shape index (κ1) is 12.7. The Morgan fingerprint density at radius 3 is 2.65 bits per heavy atom. The molecule has 2 aromatic carbocycles. The van der Waals surface area contributed by atoms with Crippen molar-refractivity contribution in [3.05, 3.63) is 72.6 Å². The third-order valence-electron chi connectivity index (χ3n) is 3.70. The number of hydrogen-bond acceptors (Lipinski definition) is 1. The van der Waals surface area contributed by atoms with Crippen LogP contribution in [0.4, 0.5) is 0 Å². The molecular weight excluding hydrogens is 244 g/mol. The molecule has 0 bridgehead atoms. The molecule has 100 valence electrons. The number of imidazole rings is 1. The summed E-state index contributed by atoms with van der Waals surface area (Å²) in [6.45, 7) is 6.02. The van der Waals surface area contributed by atoms with E-state index in [2.05, 4.69) is 65.5 Å². The van der Waals surface area contributed by atoms with Gasteiger partial charge in [-0.3, -0.25) is 0 Å². The van der Waals surface area contributed by atoms with Gasteiger partial charge in [0.1, 0.15) is 0 Å². The van der Waals surface area contributed by atoms with E-state index in [1.54, 1.807) is 0 Å². The predicted molar refractivity (Wildman–Crippen MR) is 84.7 cm³/mol. The average Bonchev–Trinajstić information content (AvgIpc) is 2.92. The molecule has 1 unspecified atom stereocenters. The molecule has 0 amide bonds. The summed E-state index contributed by atoms with van der Waals surface area (Å²) in [4.78, 5) is 4.46. The zero-order valence-corrected chi connectivity index (χ0v) is 11.7. The van der Waals surface area contributed by atoms with E-state index in [0.717, 1.165) is 17.5 Å². The number of nitrogens with zero attached hydrogens (tertiary/aromatic N) is 2. The van der Waals surface area contributed by atoms with Crippen molar-refractivity contribution in [3.8, 4) is 0 Å². The normalized spacial score (nSPS) is 12.4. The van der Waals surface area contributed by atoms with Crippen LogP contribution in [0.1, 0.15) is 24.1 Å². The van der Waals surface area contributed by atoms with Gasteiger partial charge in [-0.05, 0) is 36.6 Å². The van der Waals surface area contributed by atoms with Crippen LogP contribution in [0, 0.1) is 0 Å². The maximum Gasteiger partial charge on any atom is 0.0960 e. The highest BCUT2D eigenvalue weighted by molar-refractivity contribution is 5.75.